The van der Waals surface area contributed by atoms with Crippen molar-refractivity contribution in [2.45, 2.75) is 44.2 Å². The molecular weight excluding hydrogens is 366 g/mol. The number of fused-ring (bicyclic) bond motifs is 2. The minimum absolute atomic E-state index is 0.0728. The molecule has 2 unspecified atom stereocenters. The molecule has 1 amide bonds. The Balaban J connectivity index is 1.51. The monoisotopic (exact) mass is 393 g/mol. The van der Waals surface area contributed by atoms with Crippen molar-refractivity contribution in [3.05, 3.63) is 77.4 Å². The van der Waals surface area contributed by atoms with Gasteiger partial charge in [-0.05, 0) is 36.0 Å². The first-order valence-electron chi connectivity index (χ1n) is 10.1. The topological polar surface area (TPSA) is 48.0 Å². The number of amides is 1. The third-order valence-corrected chi connectivity index (χ3v) is 5.80. The van der Waals surface area contributed by atoms with Crippen LogP contribution in [0.3, 0.4) is 0 Å². The van der Waals surface area contributed by atoms with Crippen molar-refractivity contribution in [2.75, 3.05) is 14.2 Å². The highest BCUT2D eigenvalue weighted by Crippen LogP contribution is 2.41. The highest BCUT2D eigenvalue weighted by molar-refractivity contribution is 5.76. The number of nitrogens with zero attached hydrogens (tertiary/aromatic N) is 1. The quantitative estimate of drug-likeness (QED) is 0.653. The van der Waals surface area contributed by atoms with Gasteiger partial charge in [0.05, 0.1) is 6.04 Å². The molecule has 1 saturated heterocycles. The first kappa shape index (κ1) is 19.7. The van der Waals surface area contributed by atoms with Gasteiger partial charge in [0.25, 0.3) is 0 Å². The second-order valence-corrected chi connectivity index (χ2v) is 7.53. The maximum Gasteiger partial charge on any atom is 0.410 e. The Morgan fingerprint density at radius 1 is 1.03 bits per heavy atom. The minimum Gasteiger partial charge on any atom is -0.445 e. The first-order valence-corrected chi connectivity index (χ1v) is 10.1. The molecule has 1 fully saturated rings. The highest BCUT2D eigenvalue weighted by Gasteiger charge is 2.41. The van der Waals surface area contributed by atoms with Crippen LogP contribution in [-0.2, 0) is 20.8 Å². The summed E-state index contributed by atoms with van der Waals surface area (Å²) < 4.78 is 16.6. The maximum atomic E-state index is 12.8. The molecule has 2 atom stereocenters. The Labute approximate surface area is 171 Å². The summed E-state index contributed by atoms with van der Waals surface area (Å²) in [7, 11) is 3.29. The Hall–Kier alpha value is -2.63. The molecule has 2 heterocycles. The minimum atomic E-state index is -0.404. The van der Waals surface area contributed by atoms with Crippen molar-refractivity contribution in [3.63, 3.8) is 0 Å². The van der Waals surface area contributed by atoms with Crippen LogP contribution in [0.1, 0.15) is 42.2 Å². The van der Waals surface area contributed by atoms with Gasteiger partial charge in [0.2, 0.25) is 0 Å². The van der Waals surface area contributed by atoms with E-state index < -0.39 is 6.29 Å². The van der Waals surface area contributed by atoms with Crippen molar-refractivity contribution in [3.8, 4) is 0 Å². The number of rotatable bonds is 6. The Bertz CT molecular complexity index is 875. The zero-order valence-electron chi connectivity index (χ0n) is 16.9. The first-order chi connectivity index (χ1) is 14.2. The van der Waals surface area contributed by atoms with E-state index in [0.29, 0.717) is 6.61 Å². The number of carbonyl (C=O) groups excluding carboxylic acids is 1. The van der Waals surface area contributed by atoms with Gasteiger partial charge >= 0.3 is 6.09 Å². The predicted molar refractivity (Wildman–Crippen MR) is 111 cm³/mol. The van der Waals surface area contributed by atoms with E-state index in [1.54, 1.807) is 14.2 Å². The fourth-order valence-electron chi connectivity index (χ4n) is 4.45. The summed E-state index contributed by atoms with van der Waals surface area (Å²) in [6, 6.07) is 18.2. The van der Waals surface area contributed by atoms with Crippen LogP contribution in [0.25, 0.3) is 5.57 Å². The third-order valence-electron chi connectivity index (χ3n) is 5.80. The van der Waals surface area contributed by atoms with E-state index in [9.17, 15) is 4.79 Å². The number of hydrogen-bond donors (Lipinski definition) is 0. The summed E-state index contributed by atoms with van der Waals surface area (Å²) in [6.07, 6.45) is 4.36. The van der Waals surface area contributed by atoms with Crippen LogP contribution in [0, 0.1) is 0 Å². The van der Waals surface area contributed by atoms with Gasteiger partial charge in [0, 0.05) is 25.8 Å². The van der Waals surface area contributed by atoms with Gasteiger partial charge in [0.15, 0.2) is 6.29 Å². The summed E-state index contributed by atoms with van der Waals surface area (Å²) in [5.41, 5.74) is 4.40. The highest BCUT2D eigenvalue weighted by atomic mass is 16.7. The molecule has 0 saturated carbocycles. The lowest BCUT2D eigenvalue weighted by Gasteiger charge is -2.34. The van der Waals surface area contributed by atoms with Crippen LogP contribution < -0.4 is 0 Å². The summed E-state index contributed by atoms with van der Waals surface area (Å²) in [5.74, 6) is 0. The number of hydrogen-bond acceptors (Lipinski definition) is 4. The van der Waals surface area contributed by atoms with Crippen LogP contribution in [0.2, 0.25) is 0 Å². The fraction of sp³-hybridized carbons (Fsp3) is 0.375. The Morgan fingerprint density at radius 2 is 1.76 bits per heavy atom. The standard InChI is InChI=1S/C24H27NO4/c1-27-23(28-2)22-11-7-6-10-21(22)18-14-19-12-13-20(15-18)25(19)24(26)29-16-17-8-4-3-5-9-17/h3-11,14,19-20,23H,12-13,15-16H2,1-2H3. The average Bonchev–Trinajstić information content (AvgIpc) is 3.03. The molecule has 2 aliphatic rings. The van der Waals surface area contributed by atoms with Crippen molar-refractivity contribution in [1.82, 2.24) is 4.90 Å². The number of carbonyl (C=O) groups is 1. The fourth-order valence-corrected chi connectivity index (χ4v) is 4.45. The molecule has 0 N–H and O–H groups in total. The molecule has 29 heavy (non-hydrogen) atoms. The van der Waals surface area contributed by atoms with E-state index in [1.165, 1.54) is 5.57 Å². The van der Waals surface area contributed by atoms with Gasteiger partial charge in [-0.1, -0.05) is 60.7 Å². The van der Waals surface area contributed by atoms with Crippen molar-refractivity contribution in [1.29, 1.82) is 0 Å². The largest absolute Gasteiger partial charge is 0.445 e. The van der Waals surface area contributed by atoms with Crippen LogP contribution >= 0.6 is 0 Å². The summed E-state index contributed by atoms with van der Waals surface area (Å²) >= 11 is 0. The number of methoxy groups -OCH3 is 2. The van der Waals surface area contributed by atoms with Crippen LogP contribution in [0.4, 0.5) is 4.79 Å². The zero-order valence-corrected chi connectivity index (χ0v) is 16.9. The molecule has 0 aromatic heterocycles. The van der Waals surface area contributed by atoms with Gasteiger partial charge in [-0.3, -0.25) is 4.90 Å². The lowest BCUT2D eigenvalue weighted by Crippen LogP contribution is -2.43. The second-order valence-electron chi connectivity index (χ2n) is 7.53. The van der Waals surface area contributed by atoms with Crippen LogP contribution in [0.5, 0.6) is 0 Å². The van der Waals surface area contributed by atoms with E-state index in [-0.39, 0.29) is 18.2 Å². The van der Waals surface area contributed by atoms with Crippen LogP contribution in [0.15, 0.2) is 60.7 Å². The van der Waals surface area contributed by atoms with E-state index in [0.717, 1.165) is 36.0 Å². The molecular formula is C24H27NO4. The van der Waals surface area contributed by atoms with E-state index in [2.05, 4.69) is 12.1 Å². The SMILES string of the molecule is COC(OC)c1ccccc1C1=CC2CCC(C1)N2C(=O)OCc1ccccc1. The molecule has 0 aliphatic carbocycles. The predicted octanol–water partition coefficient (Wildman–Crippen LogP) is 4.93. The lowest BCUT2D eigenvalue weighted by molar-refractivity contribution is -0.106. The van der Waals surface area contributed by atoms with Gasteiger partial charge < -0.3 is 14.2 Å². The van der Waals surface area contributed by atoms with Crippen molar-refractivity contribution in [2.24, 2.45) is 0 Å². The molecule has 152 valence electrons. The van der Waals surface area contributed by atoms with Crippen LogP contribution in [-0.4, -0.2) is 37.3 Å². The molecule has 0 radical (unpaired) electrons. The lowest BCUT2D eigenvalue weighted by atomic mass is 9.91. The third kappa shape index (κ3) is 4.07. The Kier molecular flexibility index (Phi) is 5.97. The molecule has 4 rings (SSSR count). The van der Waals surface area contributed by atoms with Gasteiger partial charge in [-0.15, -0.1) is 0 Å². The zero-order chi connectivity index (χ0) is 20.2. The summed E-state index contributed by atoms with van der Waals surface area (Å²) in [5, 5.41) is 0. The molecule has 0 spiro atoms. The number of benzene rings is 2. The van der Waals surface area contributed by atoms with E-state index in [4.69, 9.17) is 14.2 Å². The van der Waals surface area contributed by atoms with Gasteiger partial charge in [-0.25, -0.2) is 4.79 Å². The molecule has 2 aromatic rings. The van der Waals surface area contributed by atoms with E-state index >= 15 is 0 Å². The smallest absolute Gasteiger partial charge is 0.410 e. The molecule has 2 aromatic carbocycles. The number of ether oxygens (including phenoxy) is 3. The molecule has 5 nitrogen and oxygen atoms in total. The molecule has 5 heteroatoms. The maximum absolute atomic E-state index is 12.8. The second kappa shape index (κ2) is 8.80. The van der Waals surface area contributed by atoms with Gasteiger partial charge in [0.1, 0.15) is 6.61 Å². The normalized spacial score (nSPS) is 20.7. The van der Waals surface area contributed by atoms with Crippen molar-refractivity contribution >= 4 is 11.7 Å². The summed E-state index contributed by atoms with van der Waals surface area (Å²) in [4.78, 5) is 14.7. The van der Waals surface area contributed by atoms with Crippen molar-refractivity contribution < 1.29 is 19.0 Å². The molecule has 2 aliphatic heterocycles. The van der Waals surface area contributed by atoms with E-state index in [1.807, 2.05) is 53.4 Å². The Morgan fingerprint density at radius 3 is 2.48 bits per heavy atom. The van der Waals surface area contributed by atoms with Gasteiger partial charge in [-0.2, -0.15) is 0 Å². The average molecular weight is 393 g/mol. The molecule has 2 bridgehead atoms. The summed E-state index contributed by atoms with van der Waals surface area (Å²) in [6.45, 7) is 0.304.